The summed E-state index contributed by atoms with van der Waals surface area (Å²) in [6, 6.07) is 12.0. The van der Waals surface area contributed by atoms with Crippen LogP contribution in [0.25, 0.3) is 22.0 Å². The number of rotatable bonds is 9. The number of nitrogens with one attached hydrogen (secondary N) is 3. The van der Waals surface area contributed by atoms with Gasteiger partial charge in [0, 0.05) is 35.8 Å². The van der Waals surface area contributed by atoms with Gasteiger partial charge in [0.2, 0.25) is 21.9 Å². The van der Waals surface area contributed by atoms with E-state index in [1.165, 1.54) is 6.07 Å². The van der Waals surface area contributed by atoms with E-state index in [0.29, 0.717) is 45.5 Å². The Morgan fingerprint density at radius 2 is 1.88 bits per heavy atom. The van der Waals surface area contributed by atoms with Crippen molar-refractivity contribution in [3.8, 4) is 22.9 Å². The molecule has 0 radical (unpaired) electrons. The minimum atomic E-state index is -3.76. The number of anilines is 2. The van der Waals surface area contributed by atoms with Crippen molar-refractivity contribution in [3.05, 3.63) is 66.2 Å². The molecule has 0 unspecified atom stereocenters. The van der Waals surface area contributed by atoms with Gasteiger partial charge in [0.05, 0.1) is 22.7 Å². The highest BCUT2D eigenvalue weighted by Gasteiger charge is 2.22. The summed E-state index contributed by atoms with van der Waals surface area (Å²) in [6.07, 6.45) is 4.35. The number of nitrogens with zero attached hydrogens (tertiary/aromatic N) is 3. The average Bonchev–Trinajstić information content (AvgIpc) is 2.91. The van der Waals surface area contributed by atoms with Crippen LogP contribution in [0.4, 0.5) is 16.0 Å². The first-order chi connectivity index (χ1) is 19.6. The van der Waals surface area contributed by atoms with Gasteiger partial charge in [-0.1, -0.05) is 32.9 Å². The smallest absolute Gasteiger partial charge is 0.233 e. The third-order valence-electron chi connectivity index (χ3n) is 6.91. The van der Waals surface area contributed by atoms with Crippen LogP contribution in [0, 0.1) is 24.6 Å². The number of ether oxygens (including phenoxy) is 1. The van der Waals surface area contributed by atoms with Gasteiger partial charge in [0.25, 0.3) is 0 Å². The van der Waals surface area contributed by atoms with E-state index in [0.717, 1.165) is 25.1 Å². The van der Waals surface area contributed by atoms with Gasteiger partial charge in [-0.25, -0.2) is 27.8 Å². The predicted molar refractivity (Wildman–Crippen MR) is 160 cm³/mol. The van der Waals surface area contributed by atoms with Gasteiger partial charge in [-0.3, -0.25) is 4.72 Å². The Bertz CT molecular complexity index is 1660. The van der Waals surface area contributed by atoms with Crippen molar-refractivity contribution in [2.45, 2.75) is 40.2 Å². The number of piperidine rings is 1. The Morgan fingerprint density at radius 3 is 2.66 bits per heavy atom. The first kappa shape index (κ1) is 28.7. The van der Waals surface area contributed by atoms with Crippen molar-refractivity contribution in [2.24, 2.45) is 11.8 Å². The molecule has 1 aliphatic rings. The van der Waals surface area contributed by atoms with Crippen molar-refractivity contribution in [3.63, 3.8) is 0 Å². The summed E-state index contributed by atoms with van der Waals surface area (Å²) in [7, 11) is -3.76. The molecule has 4 aromatic rings. The molecule has 1 fully saturated rings. The highest BCUT2D eigenvalue weighted by molar-refractivity contribution is 7.92. The first-order valence-electron chi connectivity index (χ1n) is 13.8. The number of benzene rings is 2. The molecule has 3 heterocycles. The summed E-state index contributed by atoms with van der Waals surface area (Å²) in [5.74, 6) is 0.936. The van der Waals surface area contributed by atoms with E-state index in [-0.39, 0.29) is 23.4 Å². The summed E-state index contributed by atoms with van der Waals surface area (Å²) in [5, 5.41) is 7.79. The molecule has 2 aromatic carbocycles. The lowest BCUT2D eigenvalue weighted by molar-refractivity contribution is 0.377. The van der Waals surface area contributed by atoms with E-state index >= 15 is 0 Å². The topological polar surface area (TPSA) is 118 Å². The Morgan fingerprint density at radius 1 is 1.07 bits per heavy atom. The van der Waals surface area contributed by atoms with Crippen LogP contribution in [0.5, 0.6) is 11.6 Å². The third kappa shape index (κ3) is 6.74. The van der Waals surface area contributed by atoms with Gasteiger partial charge in [0.1, 0.15) is 11.6 Å². The summed E-state index contributed by atoms with van der Waals surface area (Å²) >= 11 is 0. The zero-order valence-corrected chi connectivity index (χ0v) is 24.4. The number of sulfonamides is 1. The first-order valence-corrected chi connectivity index (χ1v) is 15.4. The van der Waals surface area contributed by atoms with Gasteiger partial charge in [0.15, 0.2) is 0 Å². The maximum atomic E-state index is 15.0. The maximum Gasteiger partial charge on any atom is 0.233 e. The fraction of sp³-hybridized carbons (Fsp3) is 0.367. The summed E-state index contributed by atoms with van der Waals surface area (Å²) in [6.45, 7) is 9.52. The lowest BCUT2D eigenvalue weighted by Crippen LogP contribution is -2.42. The molecule has 2 aromatic heterocycles. The number of halogens is 1. The van der Waals surface area contributed by atoms with Crippen LogP contribution < -0.4 is 20.1 Å². The third-order valence-corrected chi connectivity index (χ3v) is 8.53. The standard InChI is InChI=1S/C30H35FN6O3S/c1-18(2)17-41(38,39)37-27-22-8-7-20(4)28(23(22)9-10-25(27)31)40-29-24(6-5-12-33-29)26-11-13-34-30(36-26)35-21-14-19(3)15-32-16-21/h5-13,18-19,21,32,37H,14-17H2,1-4H3,(H,34,35,36)/t19-,21-/m0/s1. The molecule has 0 aliphatic carbocycles. The number of pyridine rings is 1. The van der Waals surface area contributed by atoms with Crippen molar-refractivity contribution < 1.29 is 17.5 Å². The number of aryl methyl sites for hydroxylation is 1. The molecular weight excluding hydrogens is 543 g/mol. The van der Waals surface area contributed by atoms with Gasteiger partial charge in [-0.05, 0) is 67.6 Å². The molecule has 1 aliphatic heterocycles. The zero-order chi connectivity index (χ0) is 29.1. The van der Waals surface area contributed by atoms with E-state index in [1.54, 1.807) is 56.6 Å². The van der Waals surface area contributed by atoms with Crippen molar-refractivity contribution in [2.75, 3.05) is 28.9 Å². The summed E-state index contributed by atoms with van der Waals surface area (Å²) in [5.41, 5.74) is 1.96. The molecule has 216 valence electrons. The molecule has 0 amide bonds. The lowest BCUT2D eigenvalue weighted by Gasteiger charge is -2.28. The molecular formula is C30H35FN6O3S. The number of aromatic nitrogens is 3. The second-order valence-electron chi connectivity index (χ2n) is 11.1. The van der Waals surface area contributed by atoms with Gasteiger partial charge in [-0.2, -0.15) is 0 Å². The number of fused-ring (bicyclic) bond motifs is 1. The van der Waals surface area contributed by atoms with E-state index in [2.05, 4.69) is 32.2 Å². The van der Waals surface area contributed by atoms with E-state index in [4.69, 9.17) is 9.72 Å². The Labute approximate surface area is 240 Å². The second-order valence-corrected chi connectivity index (χ2v) is 12.8. The largest absolute Gasteiger partial charge is 0.437 e. The molecule has 2 atom stereocenters. The molecule has 11 heteroatoms. The summed E-state index contributed by atoms with van der Waals surface area (Å²) in [4.78, 5) is 13.6. The minimum absolute atomic E-state index is 0.104. The number of hydrogen-bond acceptors (Lipinski definition) is 8. The van der Waals surface area contributed by atoms with Crippen LogP contribution in [0.3, 0.4) is 0 Å². The number of hydrogen-bond donors (Lipinski definition) is 3. The Hall–Kier alpha value is -3.83. The molecule has 0 spiro atoms. The Balaban J connectivity index is 1.49. The normalized spacial score (nSPS) is 17.5. The molecule has 0 saturated carbocycles. The minimum Gasteiger partial charge on any atom is -0.437 e. The fourth-order valence-corrected chi connectivity index (χ4v) is 6.61. The van der Waals surface area contributed by atoms with Crippen molar-refractivity contribution in [1.29, 1.82) is 0 Å². The average molecular weight is 579 g/mol. The Kier molecular flexibility index (Phi) is 8.37. The van der Waals surface area contributed by atoms with Crippen LogP contribution in [0.1, 0.15) is 32.8 Å². The van der Waals surface area contributed by atoms with Gasteiger partial charge < -0.3 is 15.4 Å². The zero-order valence-electron chi connectivity index (χ0n) is 23.6. The SMILES string of the molecule is Cc1ccc2c(NS(=O)(=O)CC(C)C)c(F)ccc2c1Oc1ncccc1-c1ccnc(N[C@@H]2CNC[C@@H](C)C2)n1. The molecule has 5 rings (SSSR count). The van der Waals surface area contributed by atoms with Gasteiger partial charge in [-0.15, -0.1) is 0 Å². The maximum absolute atomic E-state index is 15.0. The summed E-state index contributed by atoms with van der Waals surface area (Å²) < 4.78 is 49.2. The van der Waals surface area contributed by atoms with E-state index in [9.17, 15) is 12.8 Å². The molecule has 1 saturated heterocycles. The molecule has 3 N–H and O–H groups in total. The lowest BCUT2D eigenvalue weighted by atomic mass is 9.98. The highest BCUT2D eigenvalue weighted by Crippen LogP contribution is 2.39. The monoisotopic (exact) mass is 578 g/mol. The fourth-order valence-electron chi connectivity index (χ4n) is 5.13. The molecule has 0 bridgehead atoms. The van der Waals surface area contributed by atoms with E-state index < -0.39 is 15.8 Å². The van der Waals surface area contributed by atoms with Crippen LogP contribution >= 0.6 is 0 Å². The van der Waals surface area contributed by atoms with Crippen LogP contribution in [-0.4, -0.2) is 48.3 Å². The van der Waals surface area contributed by atoms with Crippen LogP contribution in [-0.2, 0) is 10.0 Å². The van der Waals surface area contributed by atoms with E-state index in [1.807, 2.05) is 13.0 Å². The predicted octanol–water partition coefficient (Wildman–Crippen LogP) is 5.74. The molecule has 41 heavy (non-hydrogen) atoms. The van der Waals surface area contributed by atoms with Crippen LogP contribution in [0.15, 0.2) is 54.9 Å². The van der Waals surface area contributed by atoms with Crippen molar-refractivity contribution >= 4 is 32.4 Å². The highest BCUT2D eigenvalue weighted by atomic mass is 32.2. The second kappa shape index (κ2) is 12.0. The van der Waals surface area contributed by atoms with Crippen molar-refractivity contribution in [1.82, 2.24) is 20.3 Å². The van der Waals surface area contributed by atoms with Crippen LogP contribution in [0.2, 0.25) is 0 Å². The molecule has 9 nitrogen and oxygen atoms in total. The quantitative estimate of drug-likeness (QED) is 0.230. The van der Waals surface area contributed by atoms with Gasteiger partial charge >= 0.3 is 0 Å².